The Bertz CT molecular complexity index is 1200. The van der Waals surface area contributed by atoms with Crippen molar-refractivity contribution in [3.05, 3.63) is 56.5 Å². The number of aromatic nitrogens is 4. The molecule has 0 aliphatic carbocycles. The molecular weight excluding hydrogens is 379 g/mol. The van der Waals surface area contributed by atoms with Gasteiger partial charge in [-0.1, -0.05) is 18.2 Å². The number of aryl methyl sites for hydroxylation is 1. The average Bonchev–Trinajstić information content (AvgIpc) is 3.08. The second-order valence-electron chi connectivity index (χ2n) is 7.07. The van der Waals surface area contributed by atoms with Crippen LogP contribution in [0.5, 0.6) is 0 Å². The van der Waals surface area contributed by atoms with Gasteiger partial charge in [-0.2, -0.15) is 4.98 Å². The van der Waals surface area contributed by atoms with Gasteiger partial charge in [0.2, 0.25) is 11.9 Å². The van der Waals surface area contributed by atoms with Gasteiger partial charge in [-0.15, -0.1) is 0 Å². The number of nitrogens with one attached hydrogen (secondary N) is 1. The summed E-state index contributed by atoms with van der Waals surface area (Å²) < 4.78 is 17.2. The van der Waals surface area contributed by atoms with Crippen molar-refractivity contribution in [3.8, 4) is 0 Å². The Balaban J connectivity index is 1.85. The first-order chi connectivity index (χ1) is 13.9. The third-order valence-electron chi connectivity index (χ3n) is 5.28. The lowest BCUT2D eigenvalue weighted by Gasteiger charge is -2.35. The lowest BCUT2D eigenvalue weighted by Crippen LogP contribution is -2.48. The minimum Gasteiger partial charge on any atom is -0.339 e. The number of aromatic amines is 1. The molecule has 1 fully saturated rings. The highest BCUT2D eigenvalue weighted by atomic mass is 19.1. The molecule has 29 heavy (non-hydrogen) atoms. The SMILES string of the molecule is CC(=O)N1CCN(c2nc3c(c(=O)[nH]c(=O)n3C)n2Cc2ccccc2F)CC1. The Morgan fingerprint density at radius 3 is 2.52 bits per heavy atom. The number of rotatable bonds is 3. The molecule has 1 saturated heterocycles. The van der Waals surface area contributed by atoms with Crippen LogP contribution in [0.2, 0.25) is 0 Å². The van der Waals surface area contributed by atoms with E-state index < -0.39 is 11.2 Å². The lowest BCUT2D eigenvalue weighted by atomic mass is 10.2. The highest BCUT2D eigenvalue weighted by molar-refractivity contribution is 5.75. The quantitative estimate of drug-likeness (QED) is 0.681. The Kier molecular flexibility index (Phi) is 4.69. The Labute approximate surface area is 165 Å². The number of anilines is 1. The first-order valence-electron chi connectivity index (χ1n) is 9.30. The number of carbonyl (C=O) groups is 1. The van der Waals surface area contributed by atoms with Crippen LogP contribution in [-0.2, 0) is 18.4 Å². The summed E-state index contributed by atoms with van der Waals surface area (Å²) in [6, 6.07) is 6.33. The molecule has 0 spiro atoms. The van der Waals surface area contributed by atoms with Crippen LogP contribution >= 0.6 is 0 Å². The van der Waals surface area contributed by atoms with Crippen molar-refractivity contribution in [2.45, 2.75) is 13.5 Å². The number of piperazine rings is 1. The number of imidazole rings is 1. The topological polar surface area (TPSA) is 96.2 Å². The van der Waals surface area contributed by atoms with Gasteiger partial charge in [0.05, 0.1) is 6.54 Å². The van der Waals surface area contributed by atoms with Gasteiger partial charge in [0.1, 0.15) is 5.82 Å². The number of hydrogen-bond acceptors (Lipinski definition) is 5. The van der Waals surface area contributed by atoms with E-state index in [0.29, 0.717) is 37.7 Å². The Morgan fingerprint density at radius 1 is 1.17 bits per heavy atom. The maximum absolute atomic E-state index is 14.3. The standard InChI is InChI=1S/C19H21FN6O3/c1-12(27)24-7-9-25(10-8-24)18-21-16-15(17(28)22-19(29)23(16)2)26(18)11-13-5-3-4-6-14(13)20/h3-6H,7-11H2,1-2H3,(H,22,28,29). The van der Waals surface area contributed by atoms with Crippen LogP contribution in [0.4, 0.5) is 10.3 Å². The number of benzene rings is 1. The fraction of sp³-hybridized carbons (Fsp3) is 0.368. The molecule has 3 aromatic rings. The monoisotopic (exact) mass is 400 g/mol. The summed E-state index contributed by atoms with van der Waals surface area (Å²) in [5.74, 6) is 0.0875. The first-order valence-corrected chi connectivity index (χ1v) is 9.30. The van der Waals surface area contributed by atoms with Gasteiger partial charge in [0, 0.05) is 45.7 Å². The van der Waals surface area contributed by atoms with E-state index in [2.05, 4.69) is 9.97 Å². The molecule has 152 valence electrons. The summed E-state index contributed by atoms with van der Waals surface area (Å²) in [6.45, 7) is 3.70. The number of carbonyl (C=O) groups excluding carboxylic acids is 1. The zero-order valence-electron chi connectivity index (χ0n) is 16.2. The molecule has 3 heterocycles. The van der Waals surface area contributed by atoms with Gasteiger partial charge in [-0.05, 0) is 6.07 Å². The van der Waals surface area contributed by atoms with E-state index in [4.69, 9.17) is 0 Å². The largest absolute Gasteiger partial charge is 0.339 e. The maximum atomic E-state index is 14.3. The molecule has 1 N–H and O–H groups in total. The Morgan fingerprint density at radius 2 is 1.86 bits per heavy atom. The zero-order chi connectivity index (χ0) is 20.7. The number of halogens is 1. The van der Waals surface area contributed by atoms with Crippen LogP contribution in [0.3, 0.4) is 0 Å². The van der Waals surface area contributed by atoms with Crippen molar-refractivity contribution >= 4 is 23.0 Å². The predicted octanol–water partition coefficient (Wildman–Crippen LogP) is 0.279. The first kappa shape index (κ1) is 18.9. The average molecular weight is 400 g/mol. The van der Waals surface area contributed by atoms with Crippen molar-refractivity contribution in [1.82, 2.24) is 24.0 Å². The number of fused-ring (bicyclic) bond motifs is 1. The van der Waals surface area contributed by atoms with Gasteiger partial charge in [-0.3, -0.25) is 23.7 Å². The van der Waals surface area contributed by atoms with Crippen molar-refractivity contribution in [1.29, 1.82) is 0 Å². The second-order valence-corrected chi connectivity index (χ2v) is 7.07. The summed E-state index contributed by atoms with van der Waals surface area (Å²) in [4.78, 5) is 46.8. The smallest absolute Gasteiger partial charge is 0.329 e. The fourth-order valence-corrected chi connectivity index (χ4v) is 3.63. The summed E-state index contributed by atoms with van der Waals surface area (Å²) in [5, 5.41) is 0. The minimum atomic E-state index is -0.569. The number of hydrogen-bond donors (Lipinski definition) is 1. The zero-order valence-corrected chi connectivity index (χ0v) is 16.2. The minimum absolute atomic E-state index is 0.00310. The lowest BCUT2D eigenvalue weighted by molar-refractivity contribution is -0.129. The van der Waals surface area contributed by atoms with E-state index in [1.807, 2.05) is 4.90 Å². The molecule has 4 rings (SSSR count). The van der Waals surface area contributed by atoms with Crippen LogP contribution in [0.15, 0.2) is 33.9 Å². The van der Waals surface area contributed by atoms with Crippen molar-refractivity contribution < 1.29 is 9.18 Å². The molecule has 9 nitrogen and oxygen atoms in total. The fourth-order valence-electron chi connectivity index (χ4n) is 3.63. The Hall–Kier alpha value is -3.43. The van der Waals surface area contributed by atoms with Crippen LogP contribution in [0.1, 0.15) is 12.5 Å². The van der Waals surface area contributed by atoms with E-state index in [0.717, 1.165) is 0 Å². The maximum Gasteiger partial charge on any atom is 0.329 e. The van der Waals surface area contributed by atoms with Crippen molar-refractivity contribution in [3.63, 3.8) is 0 Å². The number of amides is 1. The van der Waals surface area contributed by atoms with Crippen LogP contribution in [0, 0.1) is 5.82 Å². The molecule has 0 saturated carbocycles. The van der Waals surface area contributed by atoms with E-state index in [1.165, 1.54) is 24.6 Å². The normalized spacial score (nSPS) is 14.6. The van der Waals surface area contributed by atoms with E-state index in [-0.39, 0.29) is 29.4 Å². The van der Waals surface area contributed by atoms with Gasteiger partial charge < -0.3 is 9.80 Å². The van der Waals surface area contributed by atoms with Crippen molar-refractivity contribution in [2.24, 2.45) is 7.05 Å². The van der Waals surface area contributed by atoms with Crippen molar-refractivity contribution in [2.75, 3.05) is 31.1 Å². The van der Waals surface area contributed by atoms with E-state index in [9.17, 15) is 18.8 Å². The summed E-state index contributed by atoms with van der Waals surface area (Å²) >= 11 is 0. The van der Waals surface area contributed by atoms with Crippen LogP contribution in [0.25, 0.3) is 11.2 Å². The number of H-pyrrole nitrogens is 1. The van der Waals surface area contributed by atoms with Crippen LogP contribution in [-0.4, -0.2) is 56.1 Å². The summed E-state index contributed by atoms with van der Waals surface area (Å²) in [5.41, 5.74) is -0.284. The molecule has 0 unspecified atom stereocenters. The second kappa shape index (κ2) is 7.19. The van der Waals surface area contributed by atoms with Gasteiger partial charge >= 0.3 is 5.69 Å². The van der Waals surface area contributed by atoms with E-state index >= 15 is 0 Å². The highest BCUT2D eigenvalue weighted by Crippen LogP contribution is 2.23. The van der Waals surface area contributed by atoms with Gasteiger partial charge in [0.15, 0.2) is 11.2 Å². The molecule has 1 aromatic carbocycles. The molecule has 1 aliphatic heterocycles. The summed E-state index contributed by atoms with van der Waals surface area (Å²) in [7, 11) is 1.53. The molecule has 0 atom stereocenters. The molecule has 0 bridgehead atoms. The molecule has 1 aliphatic rings. The van der Waals surface area contributed by atoms with Gasteiger partial charge in [0.25, 0.3) is 5.56 Å². The van der Waals surface area contributed by atoms with Crippen LogP contribution < -0.4 is 16.1 Å². The van der Waals surface area contributed by atoms with E-state index in [1.54, 1.807) is 27.7 Å². The molecule has 2 aromatic heterocycles. The van der Waals surface area contributed by atoms with Gasteiger partial charge in [-0.25, -0.2) is 9.18 Å². The summed E-state index contributed by atoms with van der Waals surface area (Å²) in [6.07, 6.45) is 0. The molecular formula is C19H21FN6O3. The molecule has 10 heteroatoms. The molecule has 0 radical (unpaired) electrons. The number of nitrogens with zero attached hydrogens (tertiary/aromatic N) is 5. The third kappa shape index (κ3) is 3.30. The third-order valence-corrected chi connectivity index (χ3v) is 5.28. The predicted molar refractivity (Wildman–Crippen MR) is 106 cm³/mol. The molecule has 1 amide bonds. The highest BCUT2D eigenvalue weighted by Gasteiger charge is 2.26.